The molecule has 0 bridgehead atoms. The number of rotatable bonds is 4. The van der Waals surface area contributed by atoms with Gasteiger partial charge in [0.05, 0.1) is 0 Å². The number of hydrogen-bond donors (Lipinski definition) is 1. The Bertz CT molecular complexity index is 597. The monoisotopic (exact) mass is 290 g/mol. The molecule has 0 atom stereocenters. The minimum atomic E-state index is -1.11. The third-order valence-corrected chi connectivity index (χ3v) is 3.59. The van der Waals surface area contributed by atoms with Crippen LogP contribution >= 0.6 is 0 Å². The molecule has 2 rings (SSSR count). The highest BCUT2D eigenvalue weighted by atomic mass is 16.4. The highest BCUT2D eigenvalue weighted by Crippen LogP contribution is 2.15. The summed E-state index contributed by atoms with van der Waals surface area (Å²) in [6.07, 6.45) is 0. The molecular weight excluding hydrogens is 272 g/mol. The Balaban J connectivity index is 2.09. The van der Waals surface area contributed by atoms with Gasteiger partial charge in [0.1, 0.15) is 6.54 Å². The van der Waals surface area contributed by atoms with Crippen LogP contribution in [0, 0.1) is 13.8 Å². The molecule has 0 radical (unpaired) electrons. The first-order chi connectivity index (χ1) is 9.88. The molecule has 1 fully saturated rings. The maximum absolute atomic E-state index is 12.1. The topological polar surface area (TPSA) is 77.9 Å². The van der Waals surface area contributed by atoms with Crippen LogP contribution in [0.1, 0.15) is 16.7 Å². The smallest absolute Gasteiger partial charge is 0.323 e. The van der Waals surface area contributed by atoms with Gasteiger partial charge in [0.15, 0.2) is 0 Å². The molecule has 1 N–H and O–H groups in total. The highest BCUT2D eigenvalue weighted by molar-refractivity contribution is 6.35. The number of hydrogen-bond acceptors (Lipinski definition) is 3. The minimum absolute atomic E-state index is 0.252. The fourth-order valence-electron chi connectivity index (χ4n) is 2.36. The second-order valence-corrected chi connectivity index (χ2v) is 5.28. The Morgan fingerprint density at radius 2 is 1.76 bits per heavy atom. The molecule has 0 saturated carbocycles. The summed E-state index contributed by atoms with van der Waals surface area (Å²) in [6.45, 7) is 4.48. The van der Waals surface area contributed by atoms with E-state index in [1.54, 1.807) is 0 Å². The average molecular weight is 290 g/mol. The van der Waals surface area contributed by atoms with Crippen LogP contribution in [0.2, 0.25) is 0 Å². The molecule has 1 aromatic rings. The van der Waals surface area contributed by atoms with Gasteiger partial charge in [0.25, 0.3) is 0 Å². The van der Waals surface area contributed by atoms with Gasteiger partial charge < -0.3 is 14.9 Å². The van der Waals surface area contributed by atoms with E-state index in [1.807, 2.05) is 32.0 Å². The van der Waals surface area contributed by atoms with Crippen molar-refractivity contribution in [3.8, 4) is 0 Å². The van der Waals surface area contributed by atoms with Crippen LogP contribution in [0.15, 0.2) is 18.2 Å². The third-order valence-electron chi connectivity index (χ3n) is 3.59. The Labute approximate surface area is 123 Å². The predicted molar refractivity (Wildman–Crippen MR) is 75.5 cm³/mol. The number of aryl methyl sites for hydroxylation is 2. The Morgan fingerprint density at radius 3 is 2.43 bits per heavy atom. The number of amides is 2. The first kappa shape index (κ1) is 15.0. The minimum Gasteiger partial charge on any atom is -0.480 e. The summed E-state index contributed by atoms with van der Waals surface area (Å²) >= 11 is 0. The first-order valence-corrected chi connectivity index (χ1v) is 6.74. The lowest BCUT2D eigenvalue weighted by Crippen LogP contribution is -2.55. The molecular formula is C15H18N2O4. The van der Waals surface area contributed by atoms with E-state index in [-0.39, 0.29) is 6.54 Å². The van der Waals surface area contributed by atoms with Crippen molar-refractivity contribution in [3.63, 3.8) is 0 Å². The van der Waals surface area contributed by atoms with Crippen LogP contribution < -0.4 is 0 Å². The summed E-state index contributed by atoms with van der Waals surface area (Å²) in [5.41, 5.74) is 3.16. The van der Waals surface area contributed by atoms with Crippen LogP contribution in [-0.2, 0) is 20.9 Å². The molecule has 0 aliphatic carbocycles. The van der Waals surface area contributed by atoms with E-state index in [4.69, 9.17) is 5.11 Å². The molecule has 21 heavy (non-hydrogen) atoms. The van der Waals surface area contributed by atoms with E-state index in [0.29, 0.717) is 13.1 Å². The van der Waals surface area contributed by atoms with E-state index in [0.717, 1.165) is 21.6 Å². The van der Waals surface area contributed by atoms with Gasteiger partial charge in [0, 0.05) is 19.6 Å². The Kier molecular flexibility index (Phi) is 4.26. The largest absolute Gasteiger partial charge is 0.480 e. The highest BCUT2D eigenvalue weighted by Gasteiger charge is 2.33. The Hall–Kier alpha value is -2.37. The average Bonchev–Trinajstić information content (AvgIpc) is 2.42. The zero-order chi connectivity index (χ0) is 15.6. The van der Waals surface area contributed by atoms with Crippen LogP contribution in [0.25, 0.3) is 0 Å². The molecule has 112 valence electrons. The van der Waals surface area contributed by atoms with Gasteiger partial charge >= 0.3 is 17.8 Å². The SMILES string of the molecule is Cc1ccc(C)c(CN2CCN(CC(=O)O)C(=O)C2=O)c1. The number of piperazine rings is 1. The Morgan fingerprint density at radius 1 is 1.14 bits per heavy atom. The zero-order valence-electron chi connectivity index (χ0n) is 12.1. The van der Waals surface area contributed by atoms with Gasteiger partial charge in [0.2, 0.25) is 0 Å². The summed E-state index contributed by atoms with van der Waals surface area (Å²) in [5, 5.41) is 8.72. The normalized spacial score (nSPS) is 15.5. The molecule has 2 amide bonds. The molecule has 0 spiro atoms. The number of benzene rings is 1. The van der Waals surface area contributed by atoms with Crippen molar-refractivity contribution in [2.45, 2.75) is 20.4 Å². The van der Waals surface area contributed by atoms with Crippen molar-refractivity contribution in [1.29, 1.82) is 0 Å². The van der Waals surface area contributed by atoms with Crippen LogP contribution in [-0.4, -0.2) is 52.3 Å². The standard InChI is InChI=1S/C15H18N2O4/c1-10-3-4-11(2)12(7-10)8-16-5-6-17(9-13(18)19)15(21)14(16)20/h3-4,7H,5-6,8-9H2,1-2H3,(H,18,19). The number of aliphatic carboxylic acids is 1. The fraction of sp³-hybridized carbons (Fsp3) is 0.400. The molecule has 6 heteroatoms. The quantitative estimate of drug-likeness (QED) is 0.822. The van der Waals surface area contributed by atoms with Gasteiger partial charge in [-0.3, -0.25) is 14.4 Å². The molecule has 1 saturated heterocycles. The lowest BCUT2D eigenvalue weighted by molar-refractivity contribution is -0.159. The van der Waals surface area contributed by atoms with Gasteiger partial charge in [-0.1, -0.05) is 23.8 Å². The number of nitrogens with zero attached hydrogens (tertiary/aromatic N) is 2. The summed E-state index contributed by atoms with van der Waals surface area (Å²) in [6, 6.07) is 5.98. The van der Waals surface area contributed by atoms with Gasteiger partial charge in [-0.25, -0.2) is 0 Å². The van der Waals surface area contributed by atoms with E-state index in [9.17, 15) is 14.4 Å². The lowest BCUT2D eigenvalue weighted by atomic mass is 10.0. The van der Waals surface area contributed by atoms with Crippen LogP contribution in [0.4, 0.5) is 0 Å². The second kappa shape index (κ2) is 5.95. The van der Waals surface area contributed by atoms with Crippen molar-refractivity contribution in [2.24, 2.45) is 0 Å². The molecule has 6 nitrogen and oxygen atoms in total. The van der Waals surface area contributed by atoms with Gasteiger partial charge in [-0.15, -0.1) is 0 Å². The molecule has 0 unspecified atom stereocenters. The summed E-state index contributed by atoms with van der Waals surface area (Å²) in [5.74, 6) is -2.49. The zero-order valence-corrected chi connectivity index (χ0v) is 12.1. The predicted octanol–water partition coefficient (Wildman–Crippen LogP) is 0.559. The first-order valence-electron chi connectivity index (χ1n) is 6.74. The van der Waals surface area contributed by atoms with E-state index in [1.165, 1.54) is 4.90 Å². The lowest BCUT2D eigenvalue weighted by Gasteiger charge is -2.33. The maximum atomic E-state index is 12.1. The third kappa shape index (κ3) is 3.39. The number of carboxylic acid groups (broad SMARTS) is 1. The van der Waals surface area contributed by atoms with Crippen LogP contribution in [0.5, 0.6) is 0 Å². The van der Waals surface area contributed by atoms with Crippen molar-refractivity contribution < 1.29 is 19.5 Å². The van der Waals surface area contributed by atoms with Crippen molar-refractivity contribution in [3.05, 3.63) is 34.9 Å². The second-order valence-electron chi connectivity index (χ2n) is 5.28. The van der Waals surface area contributed by atoms with Crippen molar-refractivity contribution >= 4 is 17.8 Å². The molecule has 1 aliphatic rings. The molecule has 1 aliphatic heterocycles. The maximum Gasteiger partial charge on any atom is 0.323 e. The van der Waals surface area contributed by atoms with Crippen molar-refractivity contribution in [1.82, 2.24) is 9.80 Å². The fourth-order valence-corrected chi connectivity index (χ4v) is 2.36. The number of carbonyl (C=O) groups is 3. The number of carbonyl (C=O) groups excluding carboxylic acids is 2. The van der Waals surface area contributed by atoms with E-state index < -0.39 is 24.3 Å². The molecule has 1 aromatic carbocycles. The summed E-state index contributed by atoms with van der Waals surface area (Å²) in [4.78, 5) is 37.1. The van der Waals surface area contributed by atoms with Crippen molar-refractivity contribution in [2.75, 3.05) is 19.6 Å². The summed E-state index contributed by atoms with van der Waals surface area (Å²) in [7, 11) is 0. The van der Waals surface area contributed by atoms with E-state index in [2.05, 4.69) is 0 Å². The molecule has 0 aromatic heterocycles. The summed E-state index contributed by atoms with van der Waals surface area (Å²) < 4.78 is 0. The van der Waals surface area contributed by atoms with Crippen LogP contribution in [0.3, 0.4) is 0 Å². The van der Waals surface area contributed by atoms with Gasteiger partial charge in [-0.2, -0.15) is 0 Å². The number of carboxylic acids is 1. The van der Waals surface area contributed by atoms with E-state index >= 15 is 0 Å². The van der Waals surface area contributed by atoms with Gasteiger partial charge in [-0.05, 0) is 25.0 Å². The molecule has 1 heterocycles.